The maximum Gasteiger partial charge on any atom is 0.252 e. The summed E-state index contributed by atoms with van der Waals surface area (Å²) in [6.07, 6.45) is 3.20. The van der Waals surface area contributed by atoms with E-state index in [-0.39, 0.29) is 5.56 Å². The van der Waals surface area contributed by atoms with Crippen molar-refractivity contribution < 1.29 is 0 Å². The molecule has 1 atom stereocenters. The third-order valence-corrected chi connectivity index (χ3v) is 3.95. The number of benzene rings is 1. The molecule has 3 nitrogen and oxygen atoms in total. The van der Waals surface area contributed by atoms with Crippen LogP contribution in [0.25, 0.3) is 10.9 Å². The Balaban J connectivity index is 2.38. The number of aromatic nitrogens is 1. The second kappa shape index (κ2) is 6.15. The molecule has 2 aromatic rings. The zero-order valence-electron chi connectivity index (χ0n) is 11.6. The zero-order valence-corrected chi connectivity index (χ0v) is 12.5. The molecule has 0 radical (unpaired) electrons. The summed E-state index contributed by atoms with van der Waals surface area (Å²) in [6, 6.07) is 10.1. The average Bonchev–Trinajstić information content (AvgIpc) is 2.42. The van der Waals surface area contributed by atoms with Crippen LogP contribution in [0.15, 0.2) is 35.1 Å². The van der Waals surface area contributed by atoms with Gasteiger partial charge >= 0.3 is 0 Å². The molecule has 0 spiro atoms. The summed E-state index contributed by atoms with van der Waals surface area (Å²) in [5.41, 5.74) is 1.93. The first kappa shape index (κ1) is 14.0. The van der Waals surface area contributed by atoms with Gasteiger partial charge in [0.05, 0.1) is 5.52 Å². The van der Waals surface area contributed by atoms with Gasteiger partial charge in [0.15, 0.2) is 0 Å². The summed E-state index contributed by atoms with van der Waals surface area (Å²) >= 11 is 1.84. The molecule has 0 aliphatic carbocycles. The molecule has 1 aromatic heterocycles. The lowest BCUT2D eigenvalue weighted by atomic mass is 10.1. The van der Waals surface area contributed by atoms with Gasteiger partial charge in [0.25, 0.3) is 5.56 Å². The highest BCUT2D eigenvalue weighted by Crippen LogP contribution is 2.22. The number of hydrogen-bond donors (Lipinski definition) is 1. The molecule has 1 unspecified atom stereocenters. The second-order valence-electron chi connectivity index (χ2n) is 4.80. The number of rotatable bonds is 5. The topological polar surface area (TPSA) is 34.0 Å². The van der Waals surface area contributed by atoms with E-state index < -0.39 is 0 Å². The molecule has 0 saturated carbocycles. The predicted molar refractivity (Wildman–Crippen MR) is 85.3 cm³/mol. The molecule has 1 N–H and O–H groups in total. The Bertz CT molecular complexity index is 621. The normalized spacial score (nSPS) is 12.6. The standard InChI is InChI=1S/C15H20N2OS/c1-11(8-9-19-3)16-13-10-15(18)17(2)14-7-5-4-6-12(13)14/h4-7,10-11,16H,8-9H2,1-3H3. The van der Waals surface area contributed by atoms with Gasteiger partial charge in [-0.1, -0.05) is 18.2 Å². The van der Waals surface area contributed by atoms with Crippen LogP contribution < -0.4 is 10.9 Å². The highest BCUT2D eigenvalue weighted by Gasteiger charge is 2.08. The van der Waals surface area contributed by atoms with Crippen LogP contribution in [-0.2, 0) is 7.05 Å². The lowest BCUT2D eigenvalue weighted by Crippen LogP contribution is -2.21. The molecule has 1 heterocycles. The Morgan fingerprint density at radius 2 is 2.11 bits per heavy atom. The Kier molecular flexibility index (Phi) is 4.53. The highest BCUT2D eigenvalue weighted by atomic mass is 32.2. The molecular formula is C15H20N2OS. The van der Waals surface area contributed by atoms with Crippen molar-refractivity contribution in [2.75, 3.05) is 17.3 Å². The second-order valence-corrected chi connectivity index (χ2v) is 5.78. The number of nitrogens with zero attached hydrogens (tertiary/aromatic N) is 1. The Morgan fingerprint density at radius 1 is 1.37 bits per heavy atom. The highest BCUT2D eigenvalue weighted by molar-refractivity contribution is 7.98. The molecule has 1 aromatic carbocycles. The zero-order chi connectivity index (χ0) is 13.8. The predicted octanol–water partition coefficient (Wildman–Crippen LogP) is 3.09. The molecule has 4 heteroatoms. The number of hydrogen-bond acceptors (Lipinski definition) is 3. The first-order valence-electron chi connectivity index (χ1n) is 6.47. The van der Waals surface area contributed by atoms with Crippen LogP contribution in [0.1, 0.15) is 13.3 Å². The van der Waals surface area contributed by atoms with E-state index in [4.69, 9.17) is 0 Å². The van der Waals surface area contributed by atoms with Crippen molar-refractivity contribution in [3.8, 4) is 0 Å². The van der Waals surface area contributed by atoms with Gasteiger partial charge in [-0.05, 0) is 31.4 Å². The van der Waals surface area contributed by atoms with Gasteiger partial charge in [0.2, 0.25) is 0 Å². The summed E-state index contributed by atoms with van der Waals surface area (Å²) in [7, 11) is 1.81. The Morgan fingerprint density at radius 3 is 2.84 bits per heavy atom. The number of thioether (sulfide) groups is 1. The summed E-state index contributed by atoms with van der Waals surface area (Å²) in [4.78, 5) is 12.0. The number of fused-ring (bicyclic) bond motifs is 1. The smallest absolute Gasteiger partial charge is 0.252 e. The van der Waals surface area contributed by atoms with Crippen LogP contribution in [0, 0.1) is 0 Å². The van der Waals surface area contributed by atoms with Gasteiger partial charge in [-0.15, -0.1) is 0 Å². The van der Waals surface area contributed by atoms with Crippen molar-refractivity contribution >= 4 is 28.4 Å². The Hall–Kier alpha value is -1.42. The Labute approximate surface area is 118 Å². The third-order valence-electron chi connectivity index (χ3n) is 3.31. The fraction of sp³-hybridized carbons (Fsp3) is 0.400. The molecular weight excluding hydrogens is 256 g/mol. The monoisotopic (exact) mass is 276 g/mol. The largest absolute Gasteiger partial charge is 0.382 e. The van der Waals surface area contributed by atoms with Gasteiger partial charge < -0.3 is 9.88 Å². The van der Waals surface area contributed by atoms with Crippen LogP contribution >= 0.6 is 11.8 Å². The maximum absolute atomic E-state index is 12.0. The van der Waals surface area contributed by atoms with Crippen LogP contribution in [0.5, 0.6) is 0 Å². The molecule has 19 heavy (non-hydrogen) atoms. The van der Waals surface area contributed by atoms with Crippen molar-refractivity contribution in [3.05, 3.63) is 40.7 Å². The van der Waals surface area contributed by atoms with Gasteiger partial charge in [-0.2, -0.15) is 11.8 Å². The lowest BCUT2D eigenvalue weighted by Gasteiger charge is -2.17. The average molecular weight is 276 g/mol. The number of nitrogens with one attached hydrogen (secondary N) is 1. The molecule has 0 aliphatic rings. The first-order chi connectivity index (χ1) is 9.13. The number of aryl methyl sites for hydroxylation is 1. The quantitative estimate of drug-likeness (QED) is 0.911. The minimum atomic E-state index is 0.0262. The maximum atomic E-state index is 12.0. The molecule has 0 amide bonds. The molecule has 0 aliphatic heterocycles. The summed E-state index contributed by atoms with van der Waals surface area (Å²) in [6.45, 7) is 2.16. The SMILES string of the molecule is CSCCC(C)Nc1cc(=O)n(C)c2ccccc12. The van der Waals surface area contributed by atoms with Gasteiger partial charge in [0.1, 0.15) is 0 Å². The van der Waals surface area contributed by atoms with Crippen molar-refractivity contribution in [1.82, 2.24) is 4.57 Å². The van der Waals surface area contributed by atoms with E-state index in [1.807, 2.05) is 37.0 Å². The minimum Gasteiger partial charge on any atom is -0.382 e. The lowest BCUT2D eigenvalue weighted by molar-refractivity contribution is 0.772. The summed E-state index contributed by atoms with van der Waals surface area (Å²) in [5, 5.41) is 4.56. The first-order valence-corrected chi connectivity index (χ1v) is 7.87. The van der Waals surface area contributed by atoms with Crippen molar-refractivity contribution in [3.63, 3.8) is 0 Å². The number of pyridine rings is 1. The van der Waals surface area contributed by atoms with E-state index in [1.165, 1.54) is 0 Å². The van der Waals surface area contributed by atoms with Crippen molar-refractivity contribution in [2.45, 2.75) is 19.4 Å². The molecule has 2 rings (SSSR count). The van der Waals surface area contributed by atoms with Crippen molar-refractivity contribution in [1.29, 1.82) is 0 Å². The third kappa shape index (κ3) is 3.13. The van der Waals surface area contributed by atoms with Crippen LogP contribution in [-0.4, -0.2) is 22.6 Å². The van der Waals surface area contributed by atoms with Gasteiger partial charge in [0, 0.05) is 30.2 Å². The fourth-order valence-corrected chi connectivity index (χ4v) is 2.75. The van der Waals surface area contributed by atoms with Crippen LogP contribution in [0.4, 0.5) is 5.69 Å². The van der Waals surface area contributed by atoms with Crippen molar-refractivity contribution in [2.24, 2.45) is 7.05 Å². The van der Waals surface area contributed by atoms with E-state index >= 15 is 0 Å². The summed E-state index contributed by atoms with van der Waals surface area (Å²) in [5.74, 6) is 1.12. The van der Waals surface area contributed by atoms with Crippen LogP contribution in [0.2, 0.25) is 0 Å². The minimum absolute atomic E-state index is 0.0262. The van der Waals surface area contributed by atoms with Gasteiger partial charge in [-0.3, -0.25) is 4.79 Å². The van der Waals surface area contributed by atoms with Gasteiger partial charge in [-0.25, -0.2) is 0 Å². The molecule has 0 bridgehead atoms. The molecule has 102 valence electrons. The van der Waals surface area contributed by atoms with E-state index in [9.17, 15) is 4.79 Å². The van der Waals surface area contributed by atoms with E-state index in [2.05, 4.69) is 24.6 Å². The summed E-state index contributed by atoms with van der Waals surface area (Å²) < 4.78 is 1.69. The van der Waals surface area contributed by atoms with E-state index in [0.29, 0.717) is 6.04 Å². The number of para-hydroxylation sites is 1. The van der Waals surface area contributed by atoms with Crippen LogP contribution in [0.3, 0.4) is 0 Å². The van der Waals surface area contributed by atoms with E-state index in [0.717, 1.165) is 28.8 Å². The molecule has 0 saturated heterocycles. The fourth-order valence-electron chi connectivity index (χ4n) is 2.16. The number of anilines is 1. The molecule has 0 fully saturated rings. The van der Waals surface area contributed by atoms with E-state index in [1.54, 1.807) is 10.6 Å².